The molecule has 0 N–H and O–H groups in total. The van der Waals surface area contributed by atoms with Gasteiger partial charge >= 0.3 is 0 Å². The summed E-state index contributed by atoms with van der Waals surface area (Å²) in [5.74, 6) is 0. The molecule has 3 heteroatoms. The van der Waals surface area contributed by atoms with E-state index in [0.29, 0.717) is 5.56 Å². The van der Waals surface area contributed by atoms with Crippen molar-refractivity contribution in [2.75, 3.05) is 0 Å². The van der Waals surface area contributed by atoms with Crippen LogP contribution in [0.15, 0.2) is 54.1 Å². The van der Waals surface area contributed by atoms with Gasteiger partial charge in [0.2, 0.25) is 0 Å². The van der Waals surface area contributed by atoms with Gasteiger partial charge in [-0.15, -0.1) is 0 Å². The van der Waals surface area contributed by atoms with Gasteiger partial charge in [-0.2, -0.15) is 15.8 Å². The van der Waals surface area contributed by atoms with Crippen LogP contribution < -0.4 is 0 Å². The lowest BCUT2D eigenvalue weighted by Crippen LogP contribution is -1.85. The van der Waals surface area contributed by atoms with Crippen molar-refractivity contribution in [2.45, 2.75) is 0 Å². The zero-order valence-corrected chi connectivity index (χ0v) is 10.5. The van der Waals surface area contributed by atoms with Crippen LogP contribution in [-0.4, -0.2) is 0 Å². The Morgan fingerprint density at radius 1 is 0.900 bits per heavy atom. The van der Waals surface area contributed by atoms with Gasteiger partial charge in [-0.3, -0.25) is 0 Å². The topological polar surface area (TPSA) is 71.4 Å². The summed E-state index contributed by atoms with van der Waals surface area (Å²) in [6.07, 6.45) is 1.55. The van der Waals surface area contributed by atoms with E-state index >= 15 is 0 Å². The maximum absolute atomic E-state index is 8.95. The fourth-order valence-corrected chi connectivity index (χ4v) is 1.89. The van der Waals surface area contributed by atoms with E-state index in [1.54, 1.807) is 18.2 Å². The van der Waals surface area contributed by atoms with Crippen LogP contribution in [0, 0.1) is 34.0 Å². The molecule has 0 heterocycles. The lowest BCUT2D eigenvalue weighted by molar-refractivity contribution is 1.46. The molecule has 2 aromatic rings. The van der Waals surface area contributed by atoms with Crippen LogP contribution in [-0.2, 0) is 0 Å². The van der Waals surface area contributed by atoms with Gasteiger partial charge < -0.3 is 0 Å². The van der Waals surface area contributed by atoms with Crippen molar-refractivity contribution >= 4 is 6.08 Å². The summed E-state index contributed by atoms with van der Waals surface area (Å²) in [5.41, 5.74) is 3.16. The van der Waals surface area contributed by atoms with Gasteiger partial charge in [0.05, 0.1) is 11.6 Å². The molecular weight excluding hydrogens is 246 g/mol. The summed E-state index contributed by atoms with van der Waals surface area (Å²) < 4.78 is 0. The molecule has 0 aliphatic heterocycles. The number of hydrogen-bond donors (Lipinski definition) is 0. The summed E-state index contributed by atoms with van der Waals surface area (Å²) >= 11 is 0. The van der Waals surface area contributed by atoms with Crippen molar-refractivity contribution in [2.24, 2.45) is 0 Å². The van der Waals surface area contributed by atoms with Crippen LogP contribution in [0.4, 0.5) is 0 Å². The molecule has 0 amide bonds. The SMILES string of the molecule is N#CC(C#N)=Cc1ccccc1-c1cccc(C#N)c1. The molecule has 0 aromatic heterocycles. The number of benzene rings is 2. The highest BCUT2D eigenvalue weighted by Gasteiger charge is 2.05. The summed E-state index contributed by atoms with van der Waals surface area (Å²) in [4.78, 5) is 0. The molecule has 0 spiro atoms. The third-order valence-corrected chi connectivity index (χ3v) is 2.80. The molecule has 2 rings (SSSR count). The lowest BCUT2D eigenvalue weighted by atomic mass is 9.97. The van der Waals surface area contributed by atoms with Crippen molar-refractivity contribution < 1.29 is 0 Å². The summed E-state index contributed by atoms with van der Waals surface area (Å²) in [6.45, 7) is 0. The molecule has 0 unspecified atom stereocenters. The standard InChI is InChI=1S/C17H9N3/c18-10-13-4-3-6-16(8-13)17-7-2-1-5-15(17)9-14(11-19)12-20/h1-9H. The minimum atomic E-state index is 0.0499. The predicted molar refractivity (Wildman–Crippen MR) is 75.8 cm³/mol. The van der Waals surface area contributed by atoms with Crippen LogP contribution in [0.2, 0.25) is 0 Å². The highest BCUT2D eigenvalue weighted by molar-refractivity contribution is 5.78. The van der Waals surface area contributed by atoms with Gasteiger partial charge in [0.15, 0.2) is 0 Å². The normalized spacial score (nSPS) is 8.85. The van der Waals surface area contributed by atoms with Crippen LogP contribution in [0.5, 0.6) is 0 Å². The minimum Gasteiger partial charge on any atom is -0.192 e. The van der Waals surface area contributed by atoms with Crippen molar-refractivity contribution in [1.29, 1.82) is 15.8 Å². The van der Waals surface area contributed by atoms with Gasteiger partial charge in [0.1, 0.15) is 17.7 Å². The first-order chi connectivity index (χ1) is 9.78. The molecule has 0 saturated carbocycles. The van der Waals surface area contributed by atoms with Crippen molar-refractivity contribution in [3.63, 3.8) is 0 Å². The lowest BCUT2D eigenvalue weighted by Gasteiger charge is -2.06. The number of hydrogen-bond acceptors (Lipinski definition) is 3. The molecule has 0 fully saturated rings. The first kappa shape index (κ1) is 13.1. The second kappa shape index (κ2) is 6.01. The molecule has 0 atom stereocenters. The third kappa shape index (κ3) is 2.72. The van der Waals surface area contributed by atoms with Gasteiger partial charge in [0.25, 0.3) is 0 Å². The molecule has 0 radical (unpaired) electrons. The Morgan fingerprint density at radius 2 is 1.65 bits per heavy atom. The average Bonchev–Trinajstić information content (AvgIpc) is 2.53. The number of nitrogens with zero attached hydrogens (tertiary/aromatic N) is 3. The first-order valence-corrected chi connectivity index (χ1v) is 5.90. The first-order valence-electron chi connectivity index (χ1n) is 5.90. The molecule has 0 aliphatic carbocycles. The summed E-state index contributed by atoms with van der Waals surface area (Å²) in [7, 11) is 0. The molecule has 0 saturated heterocycles. The summed E-state index contributed by atoms with van der Waals surface area (Å²) in [6, 6.07) is 20.5. The molecule has 92 valence electrons. The van der Waals surface area contributed by atoms with E-state index in [2.05, 4.69) is 6.07 Å². The van der Waals surface area contributed by atoms with Gasteiger partial charge in [-0.25, -0.2) is 0 Å². The molecule has 20 heavy (non-hydrogen) atoms. The third-order valence-electron chi connectivity index (χ3n) is 2.80. The van der Waals surface area contributed by atoms with E-state index < -0.39 is 0 Å². The van der Waals surface area contributed by atoms with Crippen LogP contribution >= 0.6 is 0 Å². The fraction of sp³-hybridized carbons (Fsp3) is 0. The van der Waals surface area contributed by atoms with Crippen LogP contribution in [0.25, 0.3) is 17.2 Å². The number of allylic oxidation sites excluding steroid dienone is 1. The quantitative estimate of drug-likeness (QED) is 0.769. The monoisotopic (exact) mass is 255 g/mol. The number of rotatable bonds is 2. The fourth-order valence-electron chi connectivity index (χ4n) is 1.89. The van der Waals surface area contributed by atoms with E-state index in [9.17, 15) is 0 Å². The Balaban J connectivity index is 2.60. The zero-order valence-electron chi connectivity index (χ0n) is 10.5. The Kier molecular flexibility index (Phi) is 3.93. The highest BCUT2D eigenvalue weighted by Crippen LogP contribution is 2.26. The average molecular weight is 255 g/mol. The van der Waals surface area contributed by atoms with Gasteiger partial charge in [-0.05, 0) is 34.9 Å². The maximum Gasteiger partial charge on any atom is 0.130 e. The van der Waals surface area contributed by atoms with E-state index in [1.807, 2.05) is 48.5 Å². The smallest absolute Gasteiger partial charge is 0.130 e. The Hall–Kier alpha value is -3.35. The Morgan fingerprint density at radius 3 is 2.35 bits per heavy atom. The van der Waals surface area contributed by atoms with Gasteiger partial charge in [-0.1, -0.05) is 36.4 Å². The van der Waals surface area contributed by atoms with E-state index in [0.717, 1.165) is 16.7 Å². The summed E-state index contributed by atoms with van der Waals surface area (Å²) in [5, 5.41) is 26.6. The van der Waals surface area contributed by atoms with Crippen LogP contribution in [0.1, 0.15) is 11.1 Å². The molecule has 0 aliphatic rings. The second-order valence-corrected chi connectivity index (χ2v) is 4.06. The maximum atomic E-state index is 8.95. The highest BCUT2D eigenvalue weighted by atomic mass is 14.3. The molecular formula is C17H9N3. The predicted octanol–water partition coefficient (Wildman–Crippen LogP) is 3.66. The minimum absolute atomic E-state index is 0.0499. The zero-order chi connectivity index (χ0) is 14.4. The van der Waals surface area contributed by atoms with E-state index in [1.165, 1.54) is 0 Å². The van der Waals surface area contributed by atoms with Gasteiger partial charge in [0, 0.05) is 0 Å². The van der Waals surface area contributed by atoms with Crippen molar-refractivity contribution in [3.05, 3.63) is 65.2 Å². The second-order valence-electron chi connectivity index (χ2n) is 4.06. The molecule has 0 bridgehead atoms. The largest absolute Gasteiger partial charge is 0.192 e. The number of nitriles is 3. The Labute approximate surface area is 117 Å². The Bertz CT molecular complexity index is 780. The van der Waals surface area contributed by atoms with E-state index in [4.69, 9.17) is 15.8 Å². The van der Waals surface area contributed by atoms with Crippen molar-refractivity contribution in [3.8, 4) is 29.3 Å². The molecule has 3 nitrogen and oxygen atoms in total. The van der Waals surface area contributed by atoms with E-state index in [-0.39, 0.29) is 5.57 Å². The molecule has 2 aromatic carbocycles. The van der Waals surface area contributed by atoms with Crippen molar-refractivity contribution in [1.82, 2.24) is 0 Å². The van der Waals surface area contributed by atoms with Crippen LogP contribution in [0.3, 0.4) is 0 Å².